The van der Waals surface area contributed by atoms with Crippen LogP contribution in [-0.4, -0.2) is 42.9 Å². The largest absolute Gasteiger partial charge is 0.368 e. The van der Waals surface area contributed by atoms with Crippen LogP contribution in [0.1, 0.15) is 25.7 Å². The quantitative estimate of drug-likeness (QED) is 0.841. The topological polar surface area (TPSA) is 53.1 Å². The second-order valence-electron chi connectivity index (χ2n) is 5.72. The molecule has 0 unspecified atom stereocenters. The van der Waals surface area contributed by atoms with E-state index in [9.17, 15) is 0 Å². The van der Waals surface area contributed by atoms with Crippen molar-refractivity contribution in [1.82, 2.24) is 15.5 Å². The smallest absolute Gasteiger partial charge is 0.150 e. The molecule has 5 heteroatoms. The third kappa shape index (κ3) is 2.97. The number of hydrogen-bond donors (Lipinski definition) is 2. The highest BCUT2D eigenvalue weighted by molar-refractivity contribution is 5.54. The van der Waals surface area contributed by atoms with Crippen molar-refractivity contribution in [2.24, 2.45) is 5.92 Å². The molecule has 1 saturated carbocycles. The summed E-state index contributed by atoms with van der Waals surface area (Å²) in [6.07, 6.45) is 7.34. The second-order valence-corrected chi connectivity index (χ2v) is 5.72. The summed E-state index contributed by atoms with van der Waals surface area (Å²) in [4.78, 5) is 2.33. The van der Waals surface area contributed by atoms with Crippen LogP contribution in [-0.2, 0) is 0 Å². The number of nitrogens with one attached hydrogen (secondary N) is 2. The summed E-state index contributed by atoms with van der Waals surface area (Å²) in [5, 5.41) is 15.0. The molecule has 0 amide bonds. The molecule has 1 saturated heterocycles. The number of aromatic nitrogens is 2. The Labute approximate surface area is 114 Å². The van der Waals surface area contributed by atoms with Gasteiger partial charge in [-0.25, -0.2) is 0 Å². The van der Waals surface area contributed by atoms with Crippen molar-refractivity contribution in [1.29, 1.82) is 0 Å². The van der Waals surface area contributed by atoms with Crippen LogP contribution in [0, 0.1) is 5.92 Å². The summed E-state index contributed by atoms with van der Waals surface area (Å²) in [6, 6.07) is 2.73. The van der Waals surface area contributed by atoms with Crippen LogP contribution in [0.3, 0.4) is 0 Å². The molecular weight excluding hydrogens is 238 g/mol. The lowest BCUT2D eigenvalue weighted by Crippen LogP contribution is -2.57. The van der Waals surface area contributed by atoms with Gasteiger partial charge in [0.1, 0.15) is 0 Å². The number of likely N-dealkylation sites (N-methyl/N-ethyl adjacent to an activating group) is 1. The number of anilines is 2. The summed E-state index contributed by atoms with van der Waals surface area (Å²) in [5.74, 6) is 1.74. The molecule has 2 heterocycles. The van der Waals surface area contributed by atoms with Crippen molar-refractivity contribution in [2.45, 2.75) is 31.7 Å². The molecular formula is C14H23N5. The van der Waals surface area contributed by atoms with Crippen molar-refractivity contribution in [3.8, 4) is 0 Å². The Bertz CT molecular complexity index is 410. The molecule has 2 fully saturated rings. The summed E-state index contributed by atoms with van der Waals surface area (Å²) in [6.45, 7) is 3.16. The van der Waals surface area contributed by atoms with Gasteiger partial charge in [0.25, 0.3) is 0 Å². The molecule has 2 aliphatic rings. The molecule has 3 rings (SSSR count). The lowest BCUT2D eigenvalue weighted by Gasteiger charge is -2.40. The molecule has 0 aromatic carbocycles. The van der Waals surface area contributed by atoms with Gasteiger partial charge in [-0.1, -0.05) is 12.8 Å². The molecule has 104 valence electrons. The van der Waals surface area contributed by atoms with E-state index in [-0.39, 0.29) is 0 Å². The first-order chi connectivity index (χ1) is 9.35. The van der Waals surface area contributed by atoms with E-state index in [0.29, 0.717) is 6.04 Å². The average molecular weight is 261 g/mol. The Balaban J connectivity index is 1.54. The van der Waals surface area contributed by atoms with Gasteiger partial charge in [-0.3, -0.25) is 0 Å². The molecule has 2 N–H and O–H groups in total. The predicted octanol–water partition coefficient (Wildman–Crippen LogP) is 1.49. The highest BCUT2D eigenvalue weighted by Crippen LogP contribution is 2.25. The van der Waals surface area contributed by atoms with Gasteiger partial charge in [-0.05, 0) is 25.8 Å². The number of nitrogens with zero attached hydrogens (tertiary/aromatic N) is 3. The average Bonchev–Trinajstić information content (AvgIpc) is 2.89. The van der Waals surface area contributed by atoms with E-state index < -0.39 is 0 Å². The SMILES string of the molecule is CNC1CN(c2cnnc(NCC3CCCC3)c2)C1. The minimum absolute atomic E-state index is 0.614. The van der Waals surface area contributed by atoms with Gasteiger partial charge >= 0.3 is 0 Å². The van der Waals surface area contributed by atoms with Crippen LogP contribution in [0.2, 0.25) is 0 Å². The van der Waals surface area contributed by atoms with Gasteiger partial charge < -0.3 is 15.5 Å². The first-order valence-electron chi connectivity index (χ1n) is 7.34. The van der Waals surface area contributed by atoms with Crippen LogP contribution in [0.5, 0.6) is 0 Å². The maximum absolute atomic E-state index is 4.18. The van der Waals surface area contributed by atoms with E-state index in [1.807, 2.05) is 13.2 Å². The summed E-state index contributed by atoms with van der Waals surface area (Å²) in [5.41, 5.74) is 1.18. The fourth-order valence-electron chi connectivity index (χ4n) is 2.95. The summed E-state index contributed by atoms with van der Waals surface area (Å²) < 4.78 is 0. The lowest BCUT2D eigenvalue weighted by molar-refractivity contribution is 0.450. The van der Waals surface area contributed by atoms with E-state index in [2.05, 4.69) is 31.8 Å². The zero-order valence-corrected chi connectivity index (χ0v) is 11.6. The molecule has 0 bridgehead atoms. The zero-order valence-electron chi connectivity index (χ0n) is 11.6. The number of rotatable bonds is 5. The minimum atomic E-state index is 0.614. The molecule has 0 atom stereocenters. The third-order valence-electron chi connectivity index (χ3n) is 4.34. The van der Waals surface area contributed by atoms with E-state index in [0.717, 1.165) is 31.4 Å². The van der Waals surface area contributed by atoms with Crippen LogP contribution >= 0.6 is 0 Å². The van der Waals surface area contributed by atoms with Crippen LogP contribution in [0.25, 0.3) is 0 Å². The van der Waals surface area contributed by atoms with Crippen molar-refractivity contribution in [3.05, 3.63) is 12.3 Å². The van der Waals surface area contributed by atoms with Crippen LogP contribution in [0.4, 0.5) is 11.5 Å². The standard InChI is InChI=1S/C14H23N5/c1-15-12-9-19(10-12)13-6-14(18-17-8-13)16-7-11-4-2-3-5-11/h6,8,11-12,15H,2-5,7,9-10H2,1H3,(H,16,18). The minimum Gasteiger partial charge on any atom is -0.368 e. The van der Waals surface area contributed by atoms with Crippen LogP contribution in [0.15, 0.2) is 12.3 Å². The summed E-state index contributed by atoms with van der Waals surface area (Å²) >= 11 is 0. The predicted molar refractivity (Wildman–Crippen MR) is 77.5 cm³/mol. The Kier molecular flexibility index (Phi) is 3.82. The molecule has 0 radical (unpaired) electrons. The van der Waals surface area contributed by atoms with E-state index >= 15 is 0 Å². The van der Waals surface area contributed by atoms with Crippen molar-refractivity contribution in [2.75, 3.05) is 36.9 Å². The molecule has 1 aromatic rings. The lowest BCUT2D eigenvalue weighted by atomic mass is 10.1. The maximum atomic E-state index is 4.18. The number of hydrogen-bond acceptors (Lipinski definition) is 5. The maximum Gasteiger partial charge on any atom is 0.150 e. The zero-order chi connectivity index (χ0) is 13.1. The Morgan fingerprint density at radius 3 is 2.84 bits per heavy atom. The van der Waals surface area contributed by atoms with Gasteiger partial charge in [0, 0.05) is 31.7 Å². The van der Waals surface area contributed by atoms with E-state index in [1.54, 1.807) is 0 Å². The van der Waals surface area contributed by atoms with Gasteiger partial charge in [0.15, 0.2) is 5.82 Å². The Hall–Kier alpha value is -1.36. The first kappa shape index (κ1) is 12.7. The van der Waals surface area contributed by atoms with Gasteiger partial charge in [-0.2, -0.15) is 5.10 Å². The fraction of sp³-hybridized carbons (Fsp3) is 0.714. The van der Waals surface area contributed by atoms with E-state index in [1.165, 1.54) is 31.4 Å². The molecule has 0 spiro atoms. The van der Waals surface area contributed by atoms with Gasteiger partial charge in [0.05, 0.1) is 11.9 Å². The monoisotopic (exact) mass is 261 g/mol. The van der Waals surface area contributed by atoms with E-state index in [4.69, 9.17) is 0 Å². The van der Waals surface area contributed by atoms with Crippen molar-refractivity contribution < 1.29 is 0 Å². The molecule has 1 aliphatic carbocycles. The Morgan fingerprint density at radius 2 is 2.11 bits per heavy atom. The second kappa shape index (κ2) is 5.74. The van der Waals surface area contributed by atoms with Gasteiger partial charge in [0.2, 0.25) is 0 Å². The van der Waals surface area contributed by atoms with Gasteiger partial charge in [-0.15, -0.1) is 5.10 Å². The normalized spacial score (nSPS) is 20.6. The highest BCUT2D eigenvalue weighted by atomic mass is 15.3. The molecule has 1 aromatic heterocycles. The fourth-order valence-corrected chi connectivity index (χ4v) is 2.95. The third-order valence-corrected chi connectivity index (χ3v) is 4.34. The molecule has 19 heavy (non-hydrogen) atoms. The molecule has 1 aliphatic heterocycles. The van der Waals surface area contributed by atoms with Crippen molar-refractivity contribution in [3.63, 3.8) is 0 Å². The Morgan fingerprint density at radius 1 is 1.32 bits per heavy atom. The molecule has 5 nitrogen and oxygen atoms in total. The van der Waals surface area contributed by atoms with Crippen molar-refractivity contribution >= 4 is 11.5 Å². The highest BCUT2D eigenvalue weighted by Gasteiger charge is 2.25. The van der Waals surface area contributed by atoms with Crippen LogP contribution < -0.4 is 15.5 Å². The summed E-state index contributed by atoms with van der Waals surface area (Å²) in [7, 11) is 2.02. The first-order valence-corrected chi connectivity index (χ1v) is 7.34.